The van der Waals surface area contributed by atoms with Crippen molar-refractivity contribution in [2.45, 2.75) is 36.6 Å². The molecule has 8 heteroatoms. The van der Waals surface area contributed by atoms with Gasteiger partial charge in [-0.2, -0.15) is 0 Å². The molecule has 2 amide bonds. The van der Waals surface area contributed by atoms with Crippen LogP contribution in [-0.4, -0.2) is 44.3 Å². The van der Waals surface area contributed by atoms with Crippen LogP contribution >= 0.6 is 0 Å². The summed E-state index contributed by atoms with van der Waals surface area (Å²) in [6.45, 7) is 1.19. The molecule has 4 rings (SSSR count). The molecule has 2 aliphatic rings. The van der Waals surface area contributed by atoms with Crippen LogP contribution in [0.2, 0.25) is 0 Å². The number of amides is 2. The summed E-state index contributed by atoms with van der Waals surface area (Å²) in [4.78, 5) is 26.6. The van der Waals surface area contributed by atoms with Crippen LogP contribution in [0, 0.1) is 5.92 Å². The normalized spacial score (nSPS) is 17.4. The molecule has 0 atom stereocenters. The van der Waals surface area contributed by atoms with Crippen LogP contribution in [-0.2, 0) is 14.8 Å². The molecule has 0 radical (unpaired) electrons. The van der Waals surface area contributed by atoms with Crippen molar-refractivity contribution < 1.29 is 18.0 Å². The molecule has 1 saturated heterocycles. The molecule has 7 nitrogen and oxygen atoms in total. The molecule has 1 heterocycles. The number of piperidine rings is 1. The quantitative estimate of drug-likeness (QED) is 0.741. The zero-order valence-electron chi connectivity index (χ0n) is 16.6. The van der Waals surface area contributed by atoms with Crippen LogP contribution < -0.4 is 10.0 Å². The van der Waals surface area contributed by atoms with Gasteiger partial charge in [0.05, 0.1) is 4.90 Å². The minimum Gasteiger partial charge on any atom is -0.353 e. The summed E-state index contributed by atoms with van der Waals surface area (Å²) in [5, 5.41) is 3.08. The van der Waals surface area contributed by atoms with E-state index >= 15 is 0 Å². The lowest BCUT2D eigenvalue weighted by Crippen LogP contribution is -2.46. The minimum absolute atomic E-state index is 0.0839. The lowest BCUT2D eigenvalue weighted by atomic mass is 10.0. The summed E-state index contributed by atoms with van der Waals surface area (Å²) in [6.07, 6.45) is 3.47. The van der Waals surface area contributed by atoms with Crippen molar-refractivity contribution in [2.75, 3.05) is 17.8 Å². The van der Waals surface area contributed by atoms with E-state index < -0.39 is 10.0 Å². The molecule has 30 heavy (non-hydrogen) atoms. The second-order valence-corrected chi connectivity index (χ2v) is 9.53. The van der Waals surface area contributed by atoms with E-state index in [4.69, 9.17) is 0 Å². The first-order valence-corrected chi connectivity index (χ1v) is 11.7. The molecule has 2 N–H and O–H groups in total. The van der Waals surface area contributed by atoms with E-state index in [1.807, 2.05) is 0 Å². The number of anilines is 1. The molecule has 2 fully saturated rings. The van der Waals surface area contributed by atoms with Gasteiger partial charge in [-0.1, -0.05) is 18.2 Å². The van der Waals surface area contributed by atoms with Crippen molar-refractivity contribution >= 4 is 27.5 Å². The second-order valence-electron chi connectivity index (χ2n) is 7.85. The van der Waals surface area contributed by atoms with Gasteiger partial charge in [-0.25, -0.2) is 8.42 Å². The molecule has 0 aromatic heterocycles. The molecule has 1 saturated carbocycles. The van der Waals surface area contributed by atoms with Crippen LogP contribution in [0.25, 0.3) is 0 Å². The fourth-order valence-electron chi connectivity index (χ4n) is 3.57. The third kappa shape index (κ3) is 4.81. The third-order valence-corrected chi connectivity index (χ3v) is 6.91. The predicted molar refractivity (Wildman–Crippen MR) is 113 cm³/mol. The van der Waals surface area contributed by atoms with E-state index in [2.05, 4.69) is 10.0 Å². The molecular weight excluding hydrogens is 402 g/mol. The van der Waals surface area contributed by atoms with Gasteiger partial charge in [0.1, 0.15) is 0 Å². The average molecular weight is 428 g/mol. The van der Waals surface area contributed by atoms with Crippen molar-refractivity contribution in [3.63, 3.8) is 0 Å². The van der Waals surface area contributed by atoms with Gasteiger partial charge in [-0.15, -0.1) is 0 Å². The zero-order chi connectivity index (χ0) is 21.1. The Bertz CT molecular complexity index is 1010. The Hall–Kier alpha value is -2.87. The maximum atomic E-state index is 12.8. The highest BCUT2D eigenvalue weighted by Gasteiger charge is 2.32. The SMILES string of the molecule is O=C(NC1CCN(C(=O)c2ccc(NS(=O)(=O)c3ccccc3)cc2)CC1)C1CC1. The molecule has 0 spiro atoms. The maximum absolute atomic E-state index is 12.8. The molecule has 1 aliphatic heterocycles. The molecule has 0 bridgehead atoms. The Kier molecular flexibility index (Phi) is 5.76. The minimum atomic E-state index is -3.66. The second kappa shape index (κ2) is 8.47. The van der Waals surface area contributed by atoms with Gasteiger partial charge in [-0.3, -0.25) is 14.3 Å². The Morgan fingerprint density at radius 1 is 0.867 bits per heavy atom. The highest BCUT2D eigenvalue weighted by molar-refractivity contribution is 7.92. The summed E-state index contributed by atoms with van der Waals surface area (Å²) in [7, 11) is -3.66. The summed E-state index contributed by atoms with van der Waals surface area (Å²) >= 11 is 0. The van der Waals surface area contributed by atoms with Gasteiger partial charge in [0, 0.05) is 36.3 Å². The third-order valence-electron chi connectivity index (χ3n) is 5.51. The highest BCUT2D eigenvalue weighted by Crippen LogP contribution is 2.29. The molecule has 2 aromatic rings. The number of rotatable bonds is 6. The van der Waals surface area contributed by atoms with Gasteiger partial charge < -0.3 is 10.2 Å². The average Bonchev–Trinajstić information content (AvgIpc) is 3.60. The summed E-state index contributed by atoms with van der Waals surface area (Å²) in [6, 6.07) is 14.7. The molecular formula is C22H25N3O4S. The van der Waals surface area contributed by atoms with Crippen LogP contribution in [0.3, 0.4) is 0 Å². The number of nitrogens with one attached hydrogen (secondary N) is 2. The van der Waals surface area contributed by atoms with Crippen LogP contribution in [0.4, 0.5) is 5.69 Å². The van der Waals surface area contributed by atoms with E-state index in [9.17, 15) is 18.0 Å². The van der Waals surface area contributed by atoms with Gasteiger partial charge in [0.15, 0.2) is 0 Å². The van der Waals surface area contributed by atoms with Crippen molar-refractivity contribution in [3.05, 3.63) is 60.2 Å². The fraction of sp³-hybridized carbons (Fsp3) is 0.364. The number of likely N-dealkylation sites (tertiary alicyclic amines) is 1. The van der Waals surface area contributed by atoms with E-state index in [1.54, 1.807) is 47.4 Å². The molecule has 0 unspecified atom stereocenters. The summed E-state index contributed by atoms with van der Waals surface area (Å²) < 4.78 is 27.3. The van der Waals surface area contributed by atoms with Gasteiger partial charge >= 0.3 is 0 Å². The fourth-order valence-corrected chi connectivity index (χ4v) is 4.65. The lowest BCUT2D eigenvalue weighted by Gasteiger charge is -2.32. The number of hydrogen-bond donors (Lipinski definition) is 2. The van der Waals surface area contributed by atoms with Gasteiger partial charge in [-0.05, 0) is 62.1 Å². The van der Waals surface area contributed by atoms with Crippen molar-refractivity contribution in [1.82, 2.24) is 10.2 Å². The number of carbonyl (C=O) groups excluding carboxylic acids is 2. The summed E-state index contributed by atoms with van der Waals surface area (Å²) in [5.41, 5.74) is 0.912. The maximum Gasteiger partial charge on any atom is 0.261 e. The van der Waals surface area contributed by atoms with E-state index in [-0.39, 0.29) is 28.7 Å². The highest BCUT2D eigenvalue weighted by atomic mass is 32.2. The lowest BCUT2D eigenvalue weighted by molar-refractivity contribution is -0.123. The number of hydrogen-bond acceptors (Lipinski definition) is 4. The van der Waals surface area contributed by atoms with Crippen LogP contribution in [0.1, 0.15) is 36.0 Å². The molecule has 158 valence electrons. The largest absolute Gasteiger partial charge is 0.353 e. The molecule has 2 aromatic carbocycles. The first kappa shape index (κ1) is 20.4. The van der Waals surface area contributed by atoms with Crippen molar-refractivity contribution in [3.8, 4) is 0 Å². The standard InChI is InChI=1S/C22H25N3O4S/c26-21(16-6-7-16)23-18-12-14-25(15-13-18)22(27)17-8-10-19(11-9-17)24-30(28,29)20-4-2-1-3-5-20/h1-5,8-11,16,18,24H,6-7,12-15H2,(H,23,26). The van der Waals surface area contributed by atoms with Crippen LogP contribution in [0.5, 0.6) is 0 Å². The Morgan fingerprint density at radius 3 is 2.10 bits per heavy atom. The zero-order valence-corrected chi connectivity index (χ0v) is 17.4. The number of benzene rings is 2. The Morgan fingerprint density at radius 2 is 1.50 bits per heavy atom. The van der Waals surface area contributed by atoms with Gasteiger partial charge in [0.2, 0.25) is 5.91 Å². The number of sulfonamides is 1. The number of carbonyl (C=O) groups is 2. The van der Waals surface area contributed by atoms with E-state index in [1.165, 1.54) is 12.1 Å². The van der Waals surface area contributed by atoms with Crippen molar-refractivity contribution in [1.29, 1.82) is 0 Å². The first-order chi connectivity index (χ1) is 14.4. The molecule has 1 aliphatic carbocycles. The number of nitrogens with zero attached hydrogens (tertiary/aromatic N) is 1. The van der Waals surface area contributed by atoms with Crippen molar-refractivity contribution in [2.24, 2.45) is 5.92 Å². The smallest absolute Gasteiger partial charge is 0.261 e. The Balaban J connectivity index is 1.32. The monoisotopic (exact) mass is 427 g/mol. The topological polar surface area (TPSA) is 95.6 Å². The van der Waals surface area contributed by atoms with E-state index in [0.717, 1.165) is 25.7 Å². The first-order valence-electron chi connectivity index (χ1n) is 10.2. The van der Waals surface area contributed by atoms with E-state index in [0.29, 0.717) is 24.3 Å². The summed E-state index contributed by atoms with van der Waals surface area (Å²) in [5.74, 6) is 0.259. The van der Waals surface area contributed by atoms with Crippen LogP contribution in [0.15, 0.2) is 59.5 Å². The van der Waals surface area contributed by atoms with Gasteiger partial charge in [0.25, 0.3) is 15.9 Å². The Labute approximate surface area is 176 Å². The predicted octanol–water partition coefficient (Wildman–Crippen LogP) is 2.62.